The van der Waals surface area contributed by atoms with Crippen LogP contribution in [0.5, 0.6) is 0 Å². The van der Waals surface area contributed by atoms with Crippen LogP contribution in [0.1, 0.15) is 31.9 Å². The van der Waals surface area contributed by atoms with Crippen molar-refractivity contribution >= 4 is 11.6 Å². The quantitative estimate of drug-likeness (QED) is 0.904. The van der Waals surface area contributed by atoms with E-state index in [0.29, 0.717) is 17.0 Å². The summed E-state index contributed by atoms with van der Waals surface area (Å²) in [5, 5.41) is 3.99. The molecule has 1 aliphatic rings. The van der Waals surface area contributed by atoms with Crippen LogP contribution in [-0.4, -0.2) is 19.3 Å². The van der Waals surface area contributed by atoms with Crippen LogP contribution < -0.4 is 5.32 Å². The molecule has 3 unspecified atom stereocenters. The van der Waals surface area contributed by atoms with Gasteiger partial charge < -0.3 is 10.1 Å². The summed E-state index contributed by atoms with van der Waals surface area (Å²) >= 11 is 6.06. The van der Waals surface area contributed by atoms with Gasteiger partial charge in [0.2, 0.25) is 0 Å². The summed E-state index contributed by atoms with van der Waals surface area (Å²) in [6.45, 7) is 5.87. The molecule has 18 heavy (non-hydrogen) atoms. The van der Waals surface area contributed by atoms with Crippen LogP contribution in [-0.2, 0) is 4.74 Å². The van der Waals surface area contributed by atoms with Crippen molar-refractivity contribution in [1.29, 1.82) is 0 Å². The molecule has 3 atom stereocenters. The maximum atomic E-state index is 13.0. The van der Waals surface area contributed by atoms with Crippen LogP contribution in [0.25, 0.3) is 0 Å². The molecule has 1 aliphatic heterocycles. The predicted molar refractivity (Wildman–Crippen MR) is 71.3 cm³/mol. The Morgan fingerprint density at radius 1 is 1.44 bits per heavy atom. The Morgan fingerprint density at radius 2 is 2.22 bits per heavy atom. The normalized spacial score (nSPS) is 23.0. The molecule has 1 fully saturated rings. The van der Waals surface area contributed by atoms with Crippen molar-refractivity contribution in [3.8, 4) is 0 Å². The minimum Gasteiger partial charge on any atom is -0.381 e. The van der Waals surface area contributed by atoms with Crippen molar-refractivity contribution in [3.05, 3.63) is 34.6 Å². The number of rotatable bonds is 4. The second-order valence-electron chi connectivity index (χ2n) is 4.97. The molecule has 0 radical (unpaired) electrons. The van der Waals surface area contributed by atoms with Crippen molar-refractivity contribution in [3.63, 3.8) is 0 Å². The molecule has 2 nitrogen and oxygen atoms in total. The van der Waals surface area contributed by atoms with E-state index in [2.05, 4.69) is 12.2 Å². The van der Waals surface area contributed by atoms with Crippen LogP contribution in [0, 0.1) is 11.7 Å². The minimum absolute atomic E-state index is 0.105. The van der Waals surface area contributed by atoms with Gasteiger partial charge in [-0.05, 0) is 43.9 Å². The molecule has 1 saturated heterocycles. The highest BCUT2D eigenvalue weighted by atomic mass is 35.5. The van der Waals surface area contributed by atoms with Gasteiger partial charge in [0, 0.05) is 23.7 Å². The summed E-state index contributed by atoms with van der Waals surface area (Å²) in [7, 11) is 0. The van der Waals surface area contributed by atoms with Gasteiger partial charge in [0.05, 0.1) is 6.61 Å². The predicted octanol–water partition coefficient (Wildman–Crippen LogP) is 3.55. The topological polar surface area (TPSA) is 21.3 Å². The maximum absolute atomic E-state index is 13.0. The van der Waals surface area contributed by atoms with Crippen molar-refractivity contribution in [2.45, 2.75) is 32.4 Å². The van der Waals surface area contributed by atoms with Crippen molar-refractivity contribution in [2.75, 3.05) is 13.2 Å². The molecule has 1 heterocycles. The Labute approximate surface area is 112 Å². The Balaban J connectivity index is 2.00. The second kappa shape index (κ2) is 6.00. The van der Waals surface area contributed by atoms with Crippen LogP contribution in [0.2, 0.25) is 5.02 Å². The Hall–Kier alpha value is -0.640. The van der Waals surface area contributed by atoms with Gasteiger partial charge in [-0.15, -0.1) is 0 Å². The first-order valence-corrected chi connectivity index (χ1v) is 6.74. The lowest BCUT2D eigenvalue weighted by Crippen LogP contribution is -2.35. The molecule has 0 amide bonds. The fourth-order valence-corrected chi connectivity index (χ4v) is 2.75. The second-order valence-corrected chi connectivity index (χ2v) is 5.37. The van der Waals surface area contributed by atoms with Crippen LogP contribution in [0.3, 0.4) is 0 Å². The smallest absolute Gasteiger partial charge is 0.124 e. The molecule has 0 spiro atoms. The van der Waals surface area contributed by atoms with E-state index >= 15 is 0 Å². The molecule has 0 aliphatic carbocycles. The van der Waals surface area contributed by atoms with Crippen LogP contribution >= 0.6 is 11.6 Å². The van der Waals surface area contributed by atoms with Gasteiger partial charge in [-0.2, -0.15) is 0 Å². The molecular formula is C14H19ClFNO. The van der Waals surface area contributed by atoms with Gasteiger partial charge in [0.1, 0.15) is 5.82 Å². The number of halogens is 2. The fourth-order valence-electron chi connectivity index (χ4n) is 2.42. The molecule has 0 bridgehead atoms. The Kier molecular flexibility index (Phi) is 4.60. The lowest BCUT2D eigenvalue weighted by molar-refractivity contribution is 0.177. The molecule has 100 valence electrons. The zero-order chi connectivity index (χ0) is 13.1. The van der Waals surface area contributed by atoms with E-state index in [4.69, 9.17) is 16.3 Å². The molecule has 1 aromatic rings. The summed E-state index contributed by atoms with van der Waals surface area (Å²) in [5.74, 6) is 0.250. The van der Waals surface area contributed by atoms with Crippen molar-refractivity contribution < 1.29 is 9.13 Å². The minimum atomic E-state index is -0.298. The van der Waals surface area contributed by atoms with Crippen molar-refractivity contribution in [2.24, 2.45) is 5.92 Å². The Morgan fingerprint density at radius 3 is 2.83 bits per heavy atom. The largest absolute Gasteiger partial charge is 0.381 e. The number of hydrogen-bond acceptors (Lipinski definition) is 2. The third-order valence-corrected chi connectivity index (χ3v) is 3.94. The maximum Gasteiger partial charge on any atom is 0.124 e. The SMILES string of the molecule is CC(NC(C)C1CCOC1)c1ccc(F)cc1Cl. The molecule has 2 rings (SSSR count). The first kappa shape index (κ1) is 13.8. The third kappa shape index (κ3) is 3.22. The lowest BCUT2D eigenvalue weighted by Gasteiger charge is -2.24. The van der Waals surface area contributed by atoms with E-state index in [1.54, 1.807) is 6.07 Å². The first-order valence-electron chi connectivity index (χ1n) is 6.36. The summed E-state index contributed by atoms with van der Waals surface area (Å²) in [6.07, 6.45) is 1.10. The van der Waals surface area contributed by atoms with Crippen molar-refractivity contribution in [1.82, 2.24) is 5.32 Å². The number of ether oxygens (including phenoxy) is 1. The molecular weight excluding hydrogens is 253 g/mol. The zero-order valence-corrected chi connectivity index (χ0v) is 11.5. The molecule has 1 N–H and O–H groups in total. The van der Waals surface area contributed by atoms with E-state index in [-0.39, 0.29) is 11.9 Å². The fraction of sp³-hybridized carbons (Fsp3) is 0.571. The average Bonchev–Trinajstić information content (AvgIpc) is 2.81. The summed E-state index contributed by atoms with van der Waals surface area (Å²) < 4.78 is 18.4. The standard InChI is InChI=1S/C14H19ClFNO/c1-9(11-5-6-18-8-11)17-10(2)13-4-3-12(16)7-14(13)15/h3-4,7,9-11,17H,5-6,8H2,1-2H3. The highest BCUT2D eigenvalue weighted by Gasteiger charge is 2.24. The monoisotopic (exact) mass is 271 g/mol. The molecule has 0 aromatic heterocycles. The van der Waals surface area contributed by atoms with Gasteiger partial charge in [0.15, 0.2) is 0 Å². The van der Waals surface area contributed by atoms with E-state index in [0.717, 1.165) is 25.2 Å². The molecule has 0 saturated carbocycles. The van der Waals surface area contributed by atoms with Crippen LogP contribution in [0.15, 0.2) is 18.2 Å². The summed E-state index contributed by atoms with van der Waals surface area (Å²) in [5.41, 5.74) is 0.934. The van der Waals surface area contributed by atoms with E-state index < -0.39 is 0 Å². The van der Waals surface area contributed by atoms with Gasteiger partial charge in [-0.3, -0.25) is 0 Å². The molecule has 4 heteroatoms. The van der Waals surface area contributed by atoms with Gasteiger partial charge in [0.25, 0.3) is 0 Å². The van der Waals surface area contributed by atoms with E-state index in [1.807, 2.05) is 6.92 Å². The van der Waals surface area contributed by atoms with Gasteiger partial charge in [-0.25, -0.2) is 4.39 Å². The Bertz CT molecular complexity index is 407. The van der Waals surface area contributed by atoms with Crippen LogP contribution in [0.4, 0.5) is 4.39 Å². The summed E-state index contributed by atoms with van der Waals surface area (Å²) in [6, 6.07) is 5.02. The van der Waals surface area contributed by atoms with Gasteiger partial charge in [-0.1, -0.05) is 17.7 Å². The van der Waals surface area contributed by atoms with Gasteiger partial charge >= 0.3 is 0 Å². The third-order valence-electron chi connectivity index (χ3n) is 3.61. The summed E-state index contributed by atoms with van der Waals surface area (Å²) in [4.78, 5) is 0. The highest BCUT2D eigenvalue weighted by Crippen LogP contribution is 2.25. The number of hydrogen-bond donors (Lipinski definition) is 1. The zero-order valence-electron chi connectivity index (χ0n) is 10.7. The average molecular weight is 272 g/mol. The van der Waals surface area contributed by atoms with E-state index in [9.17, 15) is 4.39 Å². The first-order chi connectivity index (χ1) is 8.58. The molecule has 1 aromatic carbocycles. The van der Waals surface area contributed by atoms with E-state index in [1.165, 1.54) is 12.1 Å². The number of nitrogens with one attached hydrogen (secondary N) is 1. The highest BCUT2D eigenvalue weighted by molar-refractivity contribution is 6.31. The lowest BCUT2D eigenvalue weighted by atomic mass is 9.98. The number of benzene rings is 1.